The Hall–Kier alpha value is -1.33. The number of ketones is 1. The van der Waals surface area contributed by atoms with Gasteiger partial charge in [0.15, 0.2) is 23.8 Å². The predicted molar refractivity (Wildman–Crippen MR) is 137 cm³/mol. The molecule has 0 bridgehead atoms. The highest BCUT2D eigenvalue weighted by Gasteiger charge is 2.55. The van der Waals surface area contributed by atoms with Crippen LogP contribution in [0.5, 0.6) is 0 Å². The zero-order valence-electron chi connectivity index (χ0n) is 22.1. The van der Waals surface area contributed by atoms with Crippen molar-refractivity contribution >= 4 is 33.7 Å². The van der Waals surface area contributed by atoms with Crippen LogP contribution in [0.15, 0.2) is 10.6 Å². The van der Waals surface area contributed by atoms with Crippen LogP contribution in [-0.2, 0) is 23.8 Å². The third-order valence-electron chi connectivity index (χ3n) is 6.85. The topological polar surface area (TPSA) is 123 Å². The summed E-state index contributed by atoms with van der Waals surface area (Å²) in [6.07, 6.45) is 5.49. The number of nitrogens with zero attached hydrogens (tertiary/aromatic N) is 1. The first-order chi connectivity index (χ1) is 16.9. The van der Waals surface area contributed by atoms with Crippen LogP contribution < -0.4 is 0 Å². The van der Waals surface area contributed by atoms with Crippen molar-refractivity contribution in [3.05, 3.63) is 10.6 Å². The maximum Gasteiger partial charge on any atom is 0.417 e. The Morgan fingerprint density at radius 1 is 1.11 bits per heavy atom. The lowest BCUT2D eigenvalue weighted by atomic mass is 9.88. The van der Waals surface area contributed by atoms with Crippen molar-refractivity contribution in [1.82, 2.24) is 4.90 Å². The van der Waals surface area contributed by atoms with Crippen molar-refractivity contribution in [2.24, 2.45) is 5.92 Å². The SMILES string of the molecule is CO[C@H](C(=O)N1C(=O)OC(C)(C)[C@@H]1C(C)C)[C@H]1O[C@](O)(CCCCCCCCCCO)C(Br)=CC1=O. The van der Waals surface area contributed by atoms with E-state index in [4.69, 9.17) is 19.3 Å². The van der Waals surface area contributed by atoms with E-state index in [1.54, 1.807) is 13.8 Å². The van der Waals surface area contributed by atoms with Gasteiger partial charge < -0.3 is 24.4 Å². The maximum absolute atomic E-state index is 13.5. The van der Waals surface area contributed by atoms with Crippen LogP contribution in [0.2, 0.25) is 0 Å². The monoisotopic (exact) mass is 575 g/mol. The second-order valence-electron chi connectivity index (χ2n) is 10.5. The molecule has 2 heterocycles. The lowest BCUT2D eigenvalue weighted by molar-refractivity contribution is -0.227. The van der Waals surface area contributed by atoms with E-state index in [-0.39, 0.29) is 23.4 Å². The van der Waals surface area contributed by atoms with Gasteiger partial charge in [-0.25, -0.2) is 9.69 Å². The number of hydrogen-bond donors (Lipinski definition) is 2. The predicted octanol–water partition coefficient (Wildman–Crippen LogP) is 4.22. The molecule has 2 rings (SSSR count). The first-order valence-corrected chi connectivity index (χ1v) is 13.7. The van der Waals surface area contributed by atoms with Crippen molar-refractivity contribution in [3.8, 4) is 0 Å². The number of unbranched alkanes of at least 4 members (excludes halogenated alkanes) is 7. The summed E-state index contributed by atoms with van der Waals surface area (Å²) >= 11 is 3.26. The normalized spacial score (nSPS) is 26.8. The number of halogens is 1. The van der Waals surface area contributed by atoms with Gasteiger partial charge in [-0.3, -0.25) is 9.59 Å². The molecule has 0 unspecified atom stereocenters. The van der Waals surface area contributed by atoms with Gasteiger partial charge in [-0.15, -0.1) is 0 Å². The minimum absolute atomic E-state index is 0.100. The van der Waals surface area contributed by atoms with Crippen molar-refractivity contribution < 1.29 is 38.8 Å². The van der Waals surface area contributed by atoms with Crippen molar-refractivity contribution in [1.29, 1.82) is 0 Å². The Balaban J connectivity index is 2.05. The summed E-state index contributed by atoms with van der Waals surface area (Å²) in [5.41, 5.74) is -0.904. The van der Waals surface area contributed by atoms with Gasteiger partial charge in [0.1, 0.15) is 5.60 Å². The maximum atomic E-state index is 13.5. The standard InChI is InChI=1S/C26H42BrNO8/c1-17(2)22-25(3,4)36-24(32)28(22)23(31)21(34-5)20-18(30)16-19(27)26(33,35-20)14-12-10-8-6-7-9-11-13-15-29/h16-17,20-22,29,33H,6-15H2,1-5H3/t20-,21-,22-,26+/m0/s1. The largest absolute Gasteiger partial charge is 0.441 e. The van der Waals surface area contributed by atoms with Crippen molar-refractivity contribution in [3.63, 3.8) is 0 Å². The van der Waals surface area contributed by atoms with E-state index < -0.39 is 47.4 Å². The molecule has 9 nitrogen and oxygen atoms in total. The smallest absolute Gasteiger partial charge is 0.417 e. The molecular weight excluding hydrogens is 534 g/mol. The zero-order valence-corrected chi connectivity index (χ0v) is 23.7. The minimum atomic E-state index is -1.78. The summed E-state index contributed by atoms with van der Waals surface area (Å²) < 4.78 is 16.9. The average molecular weight is 577 g/mol. The van der Waals surface area contributed by atoms with Crippen LogP contribution in [0.3, 0.4) is 0 Å². The van der Waals surface area contributed by atoms with E-state index in [9.17, 15) is 19.5 Å². The molecule has 36 heavy (non-hydrogen) atoms. The molecule has 0 radical (unpaired) electrons. The van der Waals surface area contributed by atoms with Gasteiger partial charge in [-0.1, -0.05) is 52.4 Å². The fourth-order valence-corrected chi connectivity index (χ4v) is 5.67. The van der Waals surface area contributed by atoms with E-state index in [0.717, 1.165) is 49.8 Å². The second-order valence-corrected chi connectivity index (χ2v) is 11.4. The number of aliphatic hydroxyl groups is 2. The first kappa shape index (κ1) is 30.9. The van der Waals surface area contributed by atoms with Crippen molar-refractivity contribution in [2.45, 2.75) is 115 Å². The molecule has 2 N–H and O–H groups in total. The van der Waals surface area contributed by atoms with Gasteiger partial charge >= 0.3 is 6.09 Å². The van der Waals surface area contributed by atoms with Crippen LogP contribution in [-0.4, -0.2) is 76.3 Å². The molecule has 0 aromatic rings. The van der Waals surface area contributed by atoms with E-state index in [2.05, 4.69) is 15.9 Å². The second kappa shape index (κ2) is 13.5. The molecule has 206 valence electrons. The number of imide groups is 1. The summed E-state index contributed by atoms with van der Waals surface area (Å²) in [7, 11) is 1.27. The van der Waals surface area contributed by atoms with Gasteiger partial charge in [0, 0.05) is 20.1 Å². The van der Waals surface area contributed by atoms with Gasteiger partial charge in [0.2, 0.25) is 0 Å². The van der Waals surface area contributed by atoms with Crippen LogP contribution in [0.25, 0.3) is 0 Å². The van der Waals surface area contributed by atoms with Crippen LogP contribution >= 0.6 is 15.9 Å². The Morgan fingerprint density at radius 3 is 2.19 bits per heavy atom. The highest BCUT2D eigenvalue weighted by molar-refractivity contribution is 9.11. The van der Waals surface area contributed by atoms with Gasteiger partial charge in [0.05, 0.1) is 10.5 Å². The van der Waals surface area contributed by atoms with E-state index in [1.807, 2.05) is 13.8 Å². The molecular formula is C26H42BrNO8. The summed E-state index contributed by atoms with van der Waals surface area (Å²) in [4.78, 5) is 40.0. The average Bonchev–Trinajstić information content (AvgIpc) is 3.04. The third-order valence-corrected chi connectivity index (χ3v) is 7.70. The van der Waals surface area contributed by atoms with Crippen LogP contribution in [0.4, 0.5) is 4.79 Å². The number of carbonyl (C=O) groups excluding carboxylic acids is 3. The highest BCUT2D eigenvalue weighted by atomic mass is 79.9. The summed E-state index contributed by atoms with van der Waals surface area (Å²) in [5.74, 6) is -3.15. The quantitative estimate of drug-likeness (QED) is 0.295. The van der Waals surface area contributed by atoms with Gasteiger partial charge in [-0.2, -0.15) is 0 Å². The zero-order chi connectivity index (χ0) is 27.1. The minimum Gasteiger partial charge on any atom is -0.441 e. The highest BCUT2D eigenvalue weighted by Crippen LogP contribution is 2.38. The van der Waals surface area contributed by atoms with Crippen LogP contribution in [0.1, 0.15) is 85.5 Å². The number of cyclic esters (lactones) is 1. The number of methoxy groups -OCH3 is 1. The molecule has 2 aliphatic rings. The lowest BCUT2D eigenvalue weighted by Gasteiger charge is -2.38. The molecule has 0 saturated carbocycles. The van der Waals surface area contributed by atoms with E-state index >= 15 is 0 Å². The van der Waals surface area contributed by atoms with Crippen LogP contribution in [0, 0.1) is 5.92 Å². The Kier molecular flexibility index (Phi) is 11.6. The molecule has 0 spiro atoms. The summed E-state index contributed by atoms with van der Waals surface area (Å²) in [6.45, 7) is 7.47. The molecule has 0 aliphatic carbocycles. The molecule has 0 aromatic heterocycles. The number of hydrogen-bond acceptors (Lipinski definition) is 8. The van der Waals surface area contributed by atoms with Gasteiger partial charge in [0.25, 0.3) is 5.91 Å². The molecule has 0 aromatic carbocycles. The number of aliphatic hydroxyl groups excluding tert-OH is 1. The number of ether oxygens (including phenoxy) is 3. The Labute approximate surface area is 222 Å². The third kappa shape index (κ3) is 7.37. The summed E-state index contributed by atoms with van der Waals surface area (Å²) in [5, 5.41) is 20.0. The number of rotatable bonds is 14. The number of carbonyl (C=O) groups is 3. The van der Waals surface area contributed by atoms with Crippen molar-refractivity contribution in [2.75, 3.05) is 13.7 Å². The molecule has 4 atom stereocenters. The Morgan fingerprint density at radius 2 is 1.67 bits per heavy atom. The molecule has 10 heteroatoms. The lowest BCUT2D eigenvalue weighted by Crippen LogP contribution is -2.58. The molecule has 2 amide bonds. The Bertz CT molecular complexity index is 814. The fourth-order valence-electron chi connectivity index (χ4n) is 5.15. The molecule has 1 saturated heterocycles. The van der Waals surface area contributed by atoms with E-state index in [1.165, 1.54) is 13.2 Å². The summed E-state index contributed by atoms with van der Waals surface area (Å²) in [6, 6.07) is -0.557. The van der Waals surface area contributed by atoms with E-state index in [0.29, 0.717) is 6.42 Å². The van der Waals surface area contributed by atoms with Gasteiger partial charge in [-0.05, 0) is 54.6 Å². The first-order valence-electron chi connectivity index (χ1n) is 12.9. The number of amides is 2. The fraction of sp³-hybridized carbons (Fsp3) is 0.808. The molecule has 2 aliphatic heterocycles. The molecule has 1 fully saturated rings.